The molecule has 1 aromatic heterocycles. The Kier molecular flexibility index (Phi) is 5.76. The first-order valence-corrected chi connectivity index (χ1v) is 8.31. The minimum atomic E-state index is -0.323. The Bertz CT molecular complexity index is 902. The van der Waals surface area contributed by atoms with E-state index in [1.54, 1.807) is 30.3 Å². The predicted molar refractivity (Wildman–Crippen MR) is 98.4 cm³/mol. The van der Waals surface area contributed by atoms with E-state index in [1.165, 1.54) is 18.5 Å². The molecule has 5 nitrogen and oxygen atoms in total. The van der Waals surface area contributed by atoms with Crippen LogP contribution < -0.4 is 10.6 Å². The summed E-state index contributed by atoms with van der Waals surface area (Å²) in [6.45, 7) is 0.619. The lowest BCUT2D eigenvalue weighted by Gasteiger charge is -2.08. The summed E-state index contributed by atoms with van der Waals surface area (Å²) < 4.78 is 13.6. The van der Waals surface area contributed by atoms with E-state index in [0.717, 1.165) is 5.56 Å². The summed E-state index contributed by atoms with van der Waals surface area (Å²) in [7, 11) is 0. The van der Waals surface area contributed by atoms with Crippen molar-refractivity contribution in [1.82, 2.24) is 15.3 Å². The number of nitrogens with one attached hydrogen (secondary N) is 2. The van der Waals surface area contributed by atoms with Crippen LogP contribution in [0.15, 0.2) is 60.9 Å². The molecule has 7 heteroatoms. The second-order valence-electron chi connectivity index (χ2n) is 5.54. The second kappa shape index (κ2) is 8.40. The van der Waals surface area contributed by atoms with Gasteiger partial charge in [-0.25, -0.2) is 14.4 Å². The Morgan fingerprint density at radius 2 is 1.81 bits per heavy atom. The minimum absolute atomic E-state index is 0.227. The van der Waals surface area contributed by atoms with Crippen molar-refractivity contribution < 1.29 is 9.18 Å². The van der Waals surface area contributed by atoms with Crippen LogP contribution in [0.2, 0.25) is 5.02 Å². The average Bonchev–Trinajstić information content (AvgIpc) is 2.67. The van der Waals surface area contributed by atoms with Crippen LogP contribution >= 0.6 is 11.6 Å². The zero-order chi connectivity index (χ0) is 18.4. The molecule has 0 saturated carbocycles. The van der Waals surface area contributed by atoms with E-state index in [-0.39, 0.29) is 24.0 Å². The SMILES string of the molecule is O=C(NCc1ccc(Cl)cc1)c1cc(NCc2ccccc2F)ncn1. The van der Waals surface area contributed by atoms with Gasteiger partial charge in [0.25, 0.3) is 5.91 Å². The Morgan fingerprint density at radius 1 is 1.04 bits per heavy atom. The van der Waals surface area contributed by atoms with Crippen LogP contribution in [0.25, 0.3) is 0 Å². The van der Waals surface area contributed by atoms with Crippen molar-refractivity contribution in [3.63, 3.8) is 0 Å². The van der Waals surface area contributed by atoms with Gasteiger partial charge >= 0.3 is 0 Å². The fourth-order valence-corrected chi connectivity index (χ4v) is 2.41. The summed E-state index contributed by atoms with van der Waals surface area (Å²) in [5, 5.41) is 6.42. The maximum atomic E-state index is 13.6. The lowest BCUT2D eigenvalue weighted by atomic mass is 10.2. The third-order valence-corrected chi connectivity index (χ3v) is 3.94. The number of hydrogen-bond donors (Lipinski definition) is 2. The van der Waals surface area contributed by atoms with Crippen LogP contribution in [0, 0.1) is 5.82 Å². The molecule has 0 fully saturated rings. The zero-order valence-electron chi connectivity index (χ0n) is 13.7. The van der Waals surface area contributed by atoms with Crippen molar-refractivity contribution in [3.8, 4) is 0 Å². The number of amides is 1. The molecule has 1 heterocycles. The van der Waals surface area contributed by atoms with Crippen LogP contribution in [0.1, 0.15) is 21.6 Å². The molecule has 0 atom stereocenters. The molecule has 0 bridgehead atoms. The van der Waals surface area contributed by atoms with E-state index >= 15 is 0 Å². The molecule has 2 aromatic carbocycles. The number of hydrogen-bond acceptors (Lipinski definition) is 4. The molecule has 0 unspecified atom stereocenters. The van der Waals surface area contributed by atoms with Crippen LogP contribution in [0.5, 0.6) is 0 Å². The highest BCUT2D eigenvalue weighted by Gasteiger charge is 2.09. The van der Waals surface area contributed by atoms with E-state index in [0.29, 0.717) is 22.9 Å². The van der Waals surface area contributed by atoms with E-state index in [9.17, 15) is 9.18 Å². The summed E-state index contributed by atoms with van der Waals surface area (Å²) in [4.78, 5) is 20.3. The molecule has 0 radical (unpaired) electrons. The van der Waals surface area contributed by atoms with Gasteiger partial charge in [0.05, 0.1) is 0 Å². The Balaban J connectivity index is 1.60. The van der Waals surface area contributed by atoms with E-state index in [1.807, 2.05) is 12.1 Å². The van der Waals surface area contributed by atoms with Crippen LogP contribution in [-0.4, -0.2) is 15.9 Å². The summed E-state index contributed by atoms with van der Waals surface area (Å²) in [5.41, 5.74) is 1.67. The second-order valence-corrected chi connectivity index (χ2v) is 5.98. The number of halogens is 2. The lowest BCUT2D eigenvalue weighted by Crippen LogP contribution is -2.24. The largest absolute Gasteiger partial charge is 0.366 e. The van der Waals surface area contributed by atoms with Crippen LogP contribution in [-0.2, 0) is 13.1 Å². The van der Waals surface area contributed by atoms with Crippen molar-refractivity contribution in [2.45, 2.75) is 13.1 Å². The topological polar surface area (TPSA) is 66.9 Å². The van der Waals surface area contributed by atoms with Gasteiger partial charge in [0.2, 0.25) is 0 Å². The summed E-state index contributed by atoms with van der Waals surface area (Å²) >= 11 is 5.84. The van der Waals surface area contributed by atoms with Gasteiger partial charge in [0.1, 0.15) is 23.7 Å². The molecule has 0 spiro atoms. The molecule has 0 aliphatic carbocycles. The van der Waals surface area contributed by atoms with Crippen molar-refractivity contribution in [2.75, 3.05) is 5.32 Å². The molecule has 0 aliphatic rings. The zero-order valence-corrected chi connectivity index (χ0v) is 14.5. The summed E-state index contributed by atoms with van der Waals surface area (Å²) in [5.74, 6) is -0.175. The average molecular weight is 371 g/mol. The molecular weight excluding hydrogens is 355 g/mol. The van der Waals surface area contributed by atoms with Crippen molar-refractivity contribution in [2.24, 2.45) is 0 Å². The number of carbonyl (C=O) groups excluding carboxylic acids is 1. The Hall–Kier alpha value is -2.99. The van der Waals surface area contributed by atoms with Gasteiger partial charge < -0.3 is 10.6 Å². The number of rotatable bonds is 6. The predicted octanol–water partition coefficient (Wildman–Crippen LogP) is 3.81. The van der Waals surface area contributed by atoms with Gasteiger partial charge in [-0.15, -0.1) is 0 Å². The highest BCUT2D eigenvalue weighted by molar-refractivity contribution is 6.30. The monoisotopic (exact) mass is 370 g/mol. The van der Waals surface area contributed by atoms with Gasteiger partial charge in [-0.1, -0.05) is 41.9 Å². The molecule has 26 heavy (non-hydrogen) atoms. The normalized spacial score (nSPS) is 10.4. The molecule has 3 rings (SSSR count). The van der Waals surface area contributed by atoms with Crippen molar-refractivity contribution >= 4 is 23.3 Å². The first-order valence-electron chi connectivity index (χ1n) is 7.94. The number of carbonyl (C=O) groups is 1. The molecular formula is C19H16ClFN4O. The quantitative estimate of drug-likeness (QED) is 0.692. The number of aromatic nitrogens is 2. The smallest absolute Gasteiger partial charge is 0.270 e. The van der Waals surface area contributed by atoms with Crippen LogP contribution in [0.4, 0.5) is 10.2 Å². The van der Waals surface area contributed by atoms with E-state index in [4.69, 9.17) is 11.6 Å². The standard InChI is InChI=1S/C19H16ClFN4O/c20-15-7-5-13(6-8-15)10-23-19(26)17-9-18(25-12-24-17)22-11-14-3-1-2-4-16(14)21/h1-9,12H,10-11H2,(H,23,26)(H,22,24,25). The Labute approximate surface area is 155 Å². The highest BCUT2D eigenvalue weighted by atomic mass is 35.5. The highest BCUT2D eigenvalue weighted by Crippen LogP contribution is 2.11. The number of nitrogens with zero attached hydrogens (tertiary/aromatic N) is 2. The maximum Gasteiger partial charge on any atom is 0.270 e. The van der Waals surface area contributed by atoms with Crippen molar-refractivity contribution in [1.29, 1.82) is 0 Å². The lowest BCUT2D eigenvalue weighted by molar-refractivity contribution is 0.0946. The fourth-order valence-electron chi connectivity index (χ4n) is 2.28. The van der Waals surface area contributed by atoms with Gasteiger partial charge in [-0.2, -0.15) is 0 Å². The Morgan fingerprint density at radius 3 is 2.58 bits per heavy atom. The van der Waals surface area contributed by atoms with Crippen molar-refractivity contribution in [3.05, 3.63) is 88.6 Å². The summed E-state index contributed by atoms with van der Waals surface area (Å²) in [6, 6.07) is 15.2. The first-order chi connectivity index (χ1) is 12.6. The molecule has 1 amide bonds. The maximum absolute atomic E-state index is 13.6. The van der Waals surface area contributed by atoms with Gasteiger partial charge in [-0.3, -0.25) is 4.79 Å². The van der Waals surface area contributed by atoms with Gasteiger partial charge in [-0.05, 0) is 23.8 Å². The first kappa shape index (κ1) is 17.8. The number of benzene rings is 2. The third kappa shape index (κ3) is 4.77. The van der Waals surface area contributed by atoms with Crippen LogP contribution in [0.3, 0.4) is 0 Å². The third-order valence-electron chi connectivity index (χ3n) is 3.68. The summed E-state index contributed by atoms with van der Waals surface area (Å²) in [6.07, 6.45) is 1.29. The van der Waals surface area contributed by atoms with E-state index < -0.39 is 0 Å². The van der Waals surface area contributed by atoms with E-state index in [2.05, 4.69) is 20.6 Å². The molecule has 0 aliphatic heterocycles. The van der Waals surface area contributed by atoms with Gasteiger partial charge in [0.15, 0.2) is 0 Å². The fraction of sp³-hybridized carbons (Fsp3) is 0.105. The minimum Gasteiger partial charge on any atom is -0.366 e. The molecule has 0 saturated heterocycles. The number of anilines is 1. The molecule has 132 valence electrons. The molecule has 3 aromatic rings. The molecule has 2 N–H and O–H groups in total. The van der Waals surface area contributed by atoms with Gasteiger partial charge in [0, 0.05) is 29.7 Å².